The molecular weight excluding hydrogens is 389 g/mol. The van der Waals surface area contributed by atoms with Gasteiger partial charge in [-0.15, -0.1) is 0 Å². The van der Waals surface area contributed by atoms with Gasteiger partial charge in [0.25, 0.3) is 0 Å². The van der Waals surface area contributed by atoms with Crippen LogP contribution in [0.2, 0.25) is 0 Å². The number of hydrogen-bond donors (Lipinski definition) is 1. The minimum absolute atomic E-state index is 0.0451. The minimum atomic E-state index is -4.41. The van der Waals surface area contributed by atoms with Crippen LogP contribution in [0.5, 0.6) is 0 Å². The number of fused-ring (bicyclic) bond motifs is 1. The molecule has 10 heteroatoms. The number of halogens is 3. The molecule has 0 bridgehead atoms. The van der Waals surface area contributed by atoms with Crippen LogP contribution in [0.25, 0.3) is 22.3 Å². The highest BCUT2D eigenvalue weighted by Crippen LogP contribution is 2.23. The van der Waals surface area contributed by atoms with E-state index < -0.39 is 17.9 Å². The van der Waals surface area contributed by atoms with Crippen LogP contribution in [0.15, 0.2) is 61.3 Å². The Morgan fingerprint density at radius 3 is 2.52 bits per heavy atom. The number of benzene rings is 1. The van der Waals surface area contributed by atoms with Gasteiger partial charge in [0, 0.05) is 23.2 Å². The summed E-state index contributed by atoms with van der Waals surface area (Å²) < 4.78 is 39.1. The SMILES string of the molecule is C=C(OC)C(F)(F)F.O=C(O)CC[n+]1ccc(-c2ncc3ccccc3n2)cn1. The number of aliphatic carboxylic acids is 1. The second-order valence-corrected chi connectivity index (χ2v) is 5.70. The number of aryl methyl sites for hydroxylation is 1. The smallest absolute Gasteiger partial charge is 0.448 e. The van der Waals surface area contributed by atoms with Gasteiger partial charge in [-0.1, -0.05) is 29.5 Å². The third-order valence-electron chi connectivity index (χ3n) is 3.64. The maximum atomic E-state index is 11.2. The molecule has 7 nitrogen and oxygen atoms in total. The Labute approximate surface area is 164 Å². The minimum Gasteiger partial charge on any atom is -0.493 e. The summed E-state index contributed by atoms with van der Waals surface area (Å²) in [5.74, 6) is -1.41. The molecule has 1 N–H and O–H groups in total. The Morgan fingerprint density at radius 2 is 1.97 bits per heavy atom. The van der Waals surface area contributed by atoms with Crippen molar-refractivity contribution in [3.05, 3.63) is 61.3 Å². The number of allylic oxidation sites excluding steroid dienone is 1. The number of hydrogen-bond acceptors (Lipinski definition) is 5. The van der Waals surface area contributed by atoms with E-state index >= 15 is 0 Å². The van der Waals surface area contributed by atoms with Crippen LogP contribution >= 0.6 is 0 Å². The summed E-state index contributed by atoms with van der Waals surface area (Å²) in [7, 11) is 0.926. The second kappa shape index (κ2) is 9.58. The zero-order valence-electron chi connectivity index (χ0n) is 15.4. The number of para-hydroxylation sites is 1. The van der Waals surface area contributed by atoms with Crippen molar-refractivity contribution in [1.82, 2.24) is 15.1 Å². The first-order valence-electron chi connectivity index (χ1n) is 8.30. The molecule has 152 valence electrons. The first kappa shape index (κ1) is 21.7. The third kappa shape index (κ3) is 6.52. The summed E-state index contributed by atoms with van der Waals surface area (Å²) in [6.45, 7) is 2.94. The average molecular weight is 407 g/mol. The van der Waals surface area contributed by atoms with Crippen molar-refractivity contribution in [3.8, 4) is 11.4 Å². The summed E-state index contributed by atoms with van der Waals surface area (Å²) in [6.07, 6.45) is 0.796. The van der Waals surface area contributed by atoms with Crippen LogP contribution in [-0.2, 0) is 16.1 Å². The van der Waals surface area contributed by atoms with Gasteiger partial charge in [-0.25, -0.2) is 9.97 Å². The highest BCUT2D eigenvalue weighted by molar-refractivity contribution is 5.79. The topological polar surface area (TPSA) is 89.1 Å². The van der Waals surface area contributed by atoms with E-state index in [1.54, 1.807) is 23.3 Å². The molecule has 2 heterocycles. The van der Waals surface area contributed by atoms with Gasteiger partial charge in [0.05, 0.1) is 12.6 Å². The van der Waals surface area contributed by atoms with Crippen LogP contribution in [0.3, 0.4) is 0 Å². The third-order valence-corrected chi connectivity index (χ3v) is 3.64. The molecule has 0 saturated heterocycles. The van der Waals surface area contributed by atoms with Gasteiger partial charge in [0.2, 0.25) is 0 Å². The van der Waals surface area contributed by atoms with E-state index in [1.807, 2.05) is 30.3 Å². The zero-order valence-corrected chi connectivity index (χ0v) is 15.4. The Bertz CT molecular complexity index is 992. The van der Waals surface area contributed by atoms with Crippen molar-refractivity contribution < 1.29 is 32.5 Å². The van der Waals surface area contributed by atoms with Crippen LogP contribution < -0.4 is 4.68 Å². The quantitative estimate of drug-likeness (QED) is 0.516. The number of carboxylic acid groups (broad SMARTS) is 1. The highest BCUT2D eigenvalue weighted by atomic mass is 19.4. The van der Waals surface area contributed by atoms with E-state index in [0.717, 1.165) is 23.6 Å². The van der Waals surface area contributed by atoms with Crippen LogP contribution in [0, 0.1) is 0 Å². The Balaban J connectivity index is 0.000000321. The molecule has 0 aliphatic carbocycles. The summed E-state index contributed by atoms with van der Waals surface area (Å²) in [4.78, 5) is 19.3. The highest BCUT2D eigenvalue weighted by Gasteiger charge is 2.33. The number of carbonyl (C=O) groups is 1. The van der Waals surface area contributed by atoms with Gasteiger partial charge in [0.1, 0.15) is 12.6 Å². The normalized spacial score (nSPS) is 10.8. The predicted molar refractivity (Wildman–Crippen MR) is 97.4 cm³/mol. The number of ether oxygens (including phenoxy) is 1. The number of nitrogens with zero attached hydrogens (tertiary/aromatic N) is 4. The molecule has 3 aromatic rings. The van der Waals surface area contributed by atoms with Gasteiger partial charge < -0.3 is 9.84 Å². The molecular formula is C19H18F3N4O3+. The van der Waals surface area contributed by atoms with Crippen molar-refractivity contribution >= 4 is 16.9 Å². The molecule has 2 aromatic heterocycles. The molecule has 0 unspecified atom stereocenters. The van der Waals surface area contributed by atoms with E-state index in [4.69, 9.17) is 5.11 Å². The number of aromatic nitrogens is 4. The fourth-order valence-electron chi connectivity index (χ4n) is 2.09. The molecule has 29 heavy (non-hydrogen) atoms. The Hall–Kier alpha value is -3.56. The van der Waals surface area contributed by atoms with Crippen LogP contribution in [0.1, 0.15) is 6.42 Å². The molecule has 0 aliphatic rings. The van der Waals surface area contributed by atoms with E-state index in [0.29, 0.717) is 12.4 Å². The lowest BCUT2D eigenvalue weighted by molar-refractivity contribution is -0.752. The van der Waals surface area contributed by atoms with E-state index in [-0.39, 0.29) is 6.42 Å². The largest absolute Gasteiger partial charge is 0.493 e. The van der Waals surface area contributed by atoms with Gasteiger partial charge in [-0.3, -0.25) is 4.79 Å². The maximum absolute atomic E-state index is 11.2. The number of alkyl halides is 3. The van der Waals surface area contributed by atoms with Crippen LogP contribution in [0.4, 0.5) is 13.2 Å². The molecule has 0 fully saturated rings. The van der Waals surface area contributed by atoms with Crippen molar-refractivity contribution in [2.45, 2.75) is 19.1 Å². The van der Waals surface area contributed by atoms with E-state index in [9.17, 15) is 18.0 Å². The first-order chi connectivity index (χ1) is 13.7. The van der Waals surface area contributed by atoms with E-state index in [1.165, 1.54) is 0 Å². The molecule has 0 aliphatic heterocycles. The molecule has 0 spiro atoms. The molecule has 3 rings (SSSR count). The molecule has 0 atom stereocenters. The van der Waals surface area contributed by atoms with E-state index in [2.05, 4.69) is 26.4 Å². The predicted octanol–water partition coefficient (Wildman–Crippen LogP) is 3.16. The van der Waals surface area contributed by atoms with Gasteiger partial charge in [-0.05, 0) is 11.2 Å². The maximum Gasteiger partial charge on any atom is 0.448 e. The van der Waals surface area contributed by atoms with Crippen LogP contribution in [-0.4, -0.2) is 39.4 Å². The van der Waals surface area contributed by atoms with Crippen molar-refractivity contribution in [1.29, 1.82) is 0 Å². The summed E-state index contributed by atoms with van der Waals surface area (Å²) in [5, 5.41) is 13.8. The fourth-order valence-corrected chi connectivity index (χ4v) is 2.09. The fraction of sp³-hybridized carbons (Fsp3) is 0.211. The van der Waals surface area contributed by atoms with Crippen molar-refractivity contribution in [2.24, 2.45) is 0 Å². The molecule has 0 radical (unpaired) electrons. The van der Waals surface area contributed by atoms with Crippen molar-refractivity contribution in [2.75, 3.05) is 7.11 Å². The lowest BCUT2D eigenvalue weighted by Gasteiger charge is -2.06. The number of rotatable bonds is 5. The lowest BCUT2D eigenvalue weighted by Crippen LogP contribution is -2.38. The number of methoxy groups -OCH3 is 1. The average Bonchev–Trinajstić information content (AvgIpc) is 2.71. The zero-order chi connectivity index (χ0) is 21.4. The standard InChI is InChI=1S/C15H12N4O2.C4H5F3O/c20-14(21)6-8-19-7-5-12(10-17-19)15-16-9-11-3-1-2-4-13(11)18-15;1-3(8-2)4(5,6)7/h1-5,7,9-10H,6,8H2;1H2,2H3/p+1. The summed E-state index contributed by atoms with van der Waals surface area (Å²) in [6, 6.07) is 9.61. The Kier molecular flexibility index (Phi) is 7.18. The summed E-state index contributed by atoms with van der Waals surface area (Å²) >= 11 is 0. The van der Waals surface area contributed by atoms with Crippen molar-refractivity contribution in [3.63, 3.8) is 0 Å². The second-order valence-electron chi connectivity index (χ2n) is 5.70. The number of carboxylic acids is 1. The Morgan fingerprint density at radius 1 is 1.24 bits per heavy atom. The summed E-state index contributed by atoms with van der Waals surface area (Å²) in [5.41, 5.74) is 1.68. The van der Waals surface area contributed by atoms with Gasteiger partial charge >= 0.3 is 12.1 Å². The lowest BCUT2D eigenvalue weighted by atomic mass is 10.2. The molecule has 0 amide bonds. The first-order valence-corrected chi connectivity index (χ1v) is 8.30. The monoisotopic (exact) mass is 407 g/mol. The van der Waals surface area contributed by atoms with Gasteiger partial charge in [-0.2, -0.15) is 13.2 Å². The molecule has 1 aromatic carbocycles. The molecule has 0 saturated carbocycles. The van der Waals surface area contributed by atoms with Gasteiger partial charge in [0.15, 0.2) is 24.3 Å².